The van der Waals surface area contributed by atoms with Gasteiger partial charge in [-0.1, -0.05) is 28.1 Å². The van der Waals surface area contributed by atoms with Crippen molar-refractivity contribution >= 4 is 44.3 Å². The summed E-state index contributed by atoms with van der Waals surface area (Å²) in [6.45, 7) is 2.30. The predicted molar refractivity (Wildman–Crippen MR) is 108 cm³/mol. The minimum Gasteiger partial charge on any atom is -0.478 e. The monoisotopic (exact) mass is 432 g/mol. The summed E-state index contributed by atoms with van der Waals surface area (Å²) < 4.78 is 1.15. The molecule has 4 rings (SSSR count). The Balaban J connectivity index is 0.000000226. The summed E-state index contributed by atoms with van der Waals surface area (Å²) in [6, 6.07) is 14.7. The Morgan fingerprint density at radius 3 is 2.11 bits per heavy atom. The minimum atomic E-state index is -1.26. The largest absolute Gasteiger partial charge is 0.478 e. The quantitative estimate of drug-likeness (QED) is 0.644. The molecule has 2 heterocycles. The molecule has 3 N–H and O–H groups in total. The summed E-state index contributed by atoms with van der Waals surface area (Å²) in [5, 5.41) is 21.9. The molecule has 2 fully saturated rings. The Hall–Kier alpha value is -2.38. The summed E-state index contributed by atoms with van der Waals surface area (Å²) in [6.07, 6.45) is 3.79. The molecule has 0 amide bonds. The molecular formula is C20H21BrN2O4. The standard InChI is InChI=1S/C16H17BrN2.C4H4O4/c17-13-3-1-12-8-16(6-2-11(12)7-13)19-9-14-4-5-15(10-19)18-14;5-3(6)1-2-4(7)8/h1-3,6-8,14-15,18H,4-5,9-10H2;1-2H,(H,5,6)(H,7,8)/b;2-1+. The smallest absolute Gasteiger partial charge is 0.328 e. The summed E-state index contributed by atoms with van der Waals surface area (Å²) >= 11 is 3.53. The maximum atomic E-state index is 9.55. The lowest BCUT2D eigenvalue weighted by Crippen LogP contribution is -2.51. The van der Waals surface area contributed by atoms with E-state index >= 15 is 0 Å². The van der Waals surface area contributed by atoms with E-state index in [1.165, 1.54) is 29.3 Å². The van der Waals surface area contributed by atoms with Gasteiger partial charge in [0.15, 0.2) is 0 Å². The summed E-state index contributed by atoms with van der Waals surface area (Å²) in [4.78, 5) is 21.6. The Bertz CT molecular complexity index is 855. The van der Waals surface area contributed by atoms with Crippen LogP contribution in [0.1, 0.15) is 12.8 Å². The van der Waals surface area contributed by atoms with E-state index < -0.39 is 11.9 Å². The topological polar surface area (TPSA) is 89.9 Å². The highest BCUT2D eigenvalue weighted by atomic mass is 79.9. The van der Waals surface area contributed by atoms with Gasteiger partial charge in [-0.15, -0.1) is 0 Å². The number of rotatable bonds is 3. The van der Waals surface area contributed by atoms with Gasteiger partial charge in [0.1, 0.15) is 0 Å². The van der Waals surface area contributed by atoms with Gasteiger partial charge in [0.25, 0.3) is 0 Å². The number of carboxylic acid groups (broad SMARTS) is 2. The molecule has 2 aromatic rings. The number of fused-ring (bicyclic) bond motifs is 3. The lowest BCUT2D eigenvalue weighted by atomic mass is 10.1. The number of anilines is 1. The van der Waals surface area contributed by atoms with E-state index in [1.807, 2.05) is 0 Å². The maximum absolute atomic E-state index is 9.55. The van der Waals surface area contributed by atoms with Gasteiger partial charge < -0.3 is 20.4 Å². The van der Waals surface area contributed by atoms with Crippen molar-refractivity contribution < 1.29 is 19.8 Å². The molecular weight excluding hydrogens is 412 g/mol. The Kier molecular flexibility index (Phi) is 6.13. The van der Waals surface area contributed by atoms with E-state index in [0.717, 1.165) is 17.6 Å². The molecule has 2 aliphatic heterocycles. The van der Waals surface area contributed by atoms with Crippen molar-refractivity contribution in [3.8, 4) is 0 Å². The van der Waals surface area contributed by atoms with Crippen molar-refractivity contribution in [2.45, 2.75) is 24.9 Å². The maximum Gasteiger partial charge on any atom is 0.328 e. The lowest BCUT2D eigenvalue weighted by molar-refractivity contribution is -0.134. The molecule has 0 aliphatic carbocycles. The molecule has 2 atom stereocenters. The van der Waals surface area contributed by atoms with Crippen LogP contribution < -0.4 is 10.2 Å². The number of benzene rings is 2. The first-order chi connectivity index (χ1) is 12.9. The summed E-state index contributed by atoms with van der Waals surface area (Å²) in [7, 11) is 0. The molecule has 142 valence electrons. The number of carboxylic acids is 2. The second kappa shape index (κ2) is 8.54. The van der Waals surface area contributed by atoms with Crippen LogP contribution in [-0.2, 0) is 9.59 Å². The third-order valence-electron chi connectivity index (χ3n) is 4.74. The highest BCUT2D eigenvalue weighted by molar-refractivity contribution is 9.10. The van der Waals surface area contributed by atoms with E-state index in [9.17, 15) is 9.59 Å². The van der Waals surface area contributed by atoms with Crippen molar-refractivity contribution in [3.63, 3.8) is 0 Å². The van der Waals surface area contributed by atoms with Gasteiger partial charge in [0, 0.05) is 47.5 Å². The number of hydrogen-bond acceptors (Lipinski definition) is 4. The third kappa shape index (κ3) is 5.30. The molecule has 0 spiro atoms. The van der Waals surface area contributed by atoms with E-state index in [-0.39, 0.29) is 0 Å². The number of aliphatic carboxylic acids is 2. The normalized spacial score (nSPS) is 21.1. The fourth-order valence-electron chi connectivity index (χ4n) is 3.55. The zero-order valence-corrected chi connectivity index (χ0v) is 16.2. The molecule has 7 heteroatoms. The van der Waals surface area contributed by atoms with Crippen LogP contribution in [0.15, 0.2) is 53.0 Å². The van der Waals surface area contributed by atoms with Crippen LogP contribution in [0.4, 0.5) is 5.69 Å². The minimum absolute atomic E-state index is 0.558. The number of hydrogen-bond donors (Lipinski definition) is 3. The summed E-state index contributed by atoms with van der Waals surface area (Å²) in [5.41, 5.74) is 1.37. The lowest BCUT2D eigenvalue weighted by Gasteiger charge is -2.34. The second-order valence-corrected chi connectivity index (χ2v) is 7.64. The number of carbonyl (C=O) groups is 2. The molecule has 0 aromatic heterocycles. The van der Waals surface area contributed by atoms with E-state index in [2.05, 4.69) is 62.5 Å². The van der Waals surface area contributed by atoms with Crippen molar-refractivity contribution in [2.75, 3.05) is 18.0 Å². The van der Waals surface area contributed by atoms with Gasteiger partial charge in [0.05, 0.1) is 0 Å². The van der Waals surface area contributed by atoms with Gasteiger partial charge in [-0.25, -0.2) is 9.59 Å². The van der Waals surface area contributed by atoms with Crippen molar-refractivity contribution in [1.82, 2.24) is 5.32 Å². The average Bonchev–Trinajstić information content (AvgIpc) is 2.98. The van der Waals surface area contributed by atoms with Crippen molar-refractivity contribution in [3.05, 3.63) is 53.0 Å². The van der Waals surface area contributed by atoms with Crippen molar-refractivity contribution in [1.29, 1.82) is 0 Å². The molecule has 2 aliphatic rings. The summed E-state index contributed by atoms with van der Waals surface area (Å²) in [5.74, 6) is -2.51. The van der Waals surface area contributed by atoms with Crippen LogP contribution in [0.5, 0.6) is 0 Å². The van der Waals surface area contributed by atoms with E-state index in [0.29, 0.717) is 24.2 Å². The fraction of sp³-hybridized carbons (Fsp3) is 0.300. The predicted octanol–water partition coefficient (Wildman–Crippen LogP) is 3.25. The van der Waals surface area contributed by atoms with Crippen molar-refractivity contribution in [2.24, 2.45) is 0 Å². The average molecular weight is 433 g/mol. The highest BCUT2D eigenvalue weighted by Crippen LogP contribution is 2.28. The van der Waals surface area contributed by atoms with Gasteiger partial charge in [0.2, 0.25) is 0 Å². The molecule has 2 saturated heterocycles. The first kappa shape index (κ1) is 19.4. The van der Waals surface area contributed by atoms with Gasteiger partial charge in [-0.3, -0.25) is 0 Å². The molecule has 2 bridgehead atoms. The van der Waals surface area contributed by atoms with Crippen LogP contribution in [0.3, 0.4) is 0 Å². The SMILES string of the molecule is Brc1ccc2cc(N3CC4CCC(C3)N4)ccc2c1.O=C(O)/C=C/C(=O)O. The molecule has 0 saturated carbocycles. The zero-order chi connectivity index (χ0) is 19.4. The second-order valence-electron chi connectivity index (χ2n) is 6.73. The molecule has 6 nitrogen and oxygen atoms in total. The van der Waals surface area contributed by atoms with E-state index in [1.54, 1.807) is 0 Å². The number of halogens is 1. The van der Waals surface area contributed by atoms with Crippen LogP contribution in [0, 0.1) is 0 Å². The van der Waals surface area contributed by atoms with Gasteiger partial charge in [-0.05, 0) is 47.9 Å². The Morgan fingerprint density at radius 1 is 0.963 bits per heavy atom. The molecule has 27 heavy (non-hydrogen) atoms. The third-order valence-corrected chi connectivity index (χ3v) is 5.23. The molecule has 0 radical (unpaired) electrons. The van der Waals surface area contributed by atoms with Gasteiger partial charge >= 0.3 is 11.9 Å². The number of piperazine rings is 1. The first-order valence-electron chi connectivity index (χ1n) is 8.75. The molecule has 2 unspecified atom stereocenters. The fourth-order valence-corrected chi connectivity index (χ4v) is 3.93. The Labute approximate surface area is 165 Å². The van der Waals surface area contributed by atoms with Crippen LogP contribution in [0.25, 0.3) is 10.8 Å². The van der Waals surface area contributed by atoms with Crippen LogP contribution in [0.2, 0.25) is 0 Å². The zero-order valence-electron chi connectivity index (χ0n) is 14.6. The first-order valence-corrected chi connectivity index (χ1v) is 9.54. The molecule has 2 aromatic carbocycles. The van der Waals surface area contributed by atoms with Crippen LogP contribution in [-0.4, -0.2) is 47.3 Å². The van der Waals surface area contributed by atoms with E-state index in [4.69, 9.17) is 10.2 Å². The number of nitrogens with one attached hydrogen (secondary N) is 1. The van der Waals surface area contributed by atoms with Crippen LogP contribution >= 0.6 is 15.9 Å². The Morgan fingerprint density at radius 2 is 1.52 bits per heavy atom. The van der Waals surface area contributed by atoms with Gasteiger partial charge in [-0.2, -0.15) is 0 Å². The highest BCUT2D eigenvalue weighted by Gasteiger charge is 2.32. The number of nitrogens with zero attached hydrogens (tertiary/aromatic N) is 1.